The van der Waals surface area contributed by atoms with Crippen molar-refractivity contribution < 1.29 is 4.74 Å². The molecule has 2 heterocycles. The van der Waals surface area contributed by atoms with Crippen molar-refractivity contribution in [3.63, 3.8) is 0 Å². The van der Waals surface area contributed by atoms with E-state index in [0.29, 0.717) is 11.6 Å². The Hall–Kier alpha value is -2.27. The first-order valence-electron chi connectivity index (χ1n) is 7.92. The second kappa shape index (κ2) is 6.87. The van der Waals surface area contributed by atoms with Crippen molar-refractivity contribution in [2.45, 2.75) is 25.7 Å². The molecule has 0 saturated carbocycles. The molecule has 2 aromatic rings. The predicted molar refractivity (Wildman–Crippen MR) is 93.5 cm³/mol. The van der Waals surface area contributed by atoms with Gasteiger partial charge in [-0.1, -0.05) is 6.07 Å². The average Bonchev–Trinajstić information content (AvgIpc) is 2.59. The van der Waals surface area contributed by atoms with Gasteiger partial charge in [-0.2, -0.15) is 0 Å². The highest BCUT2D eigenvalue weighted by atomic mass is 16.5. The van der Waals surface area contributed by atoms with E-state index in [9.17, 15) is 0 Å². The molecule has 5 heteroatoms. The fourth-order valence-electron chi connectivity index (χ4n) is 2.94. The van der Waals surface area contributed by atoms with Crippen molar-refractivity contribution >= 4 is 22.8 Å². The highest BCUT2D eigenvalue weighted by Crippen LogP contribution is 2.28. The van der Waals surface area contributed by atoms with Gasteiger partial charge in [0.1, 0.15) is 0 Å². The van der Waals surface area contributed by atoms with E-state index < -0.39 is 0 Å². The molecule has 23 heavy (non-hydrogen) atoms. The van der Waals surface area contributed by atoms with Gasteiger partial charge in [-0.15, -0.1) is 0 Å². The van der Waals surface area contributed by atoms with Crippen molar-refractivity contribution in [2.75, 3.05) is 20.3 Å². The lowest BCUT2D eigenvalue weighted by Crippen LogP contribution is -2.14. The van der Waals surface area contributed by atoms with Gasteiger partial charge < -0.3 is 10.5 Å². The molecule has 0 spiro atoms. The Bertz CT molecular complexity index is 757. The number of hydrogen-bond donors (Lipinski definition) is 1. The van der Waals surface area contributed by atoms with Gasteiger partial charge in [0.2, 0.25) is 0 Å². The van der Waals surface area contributed by atoms with Crippen LogP contribution in [0.3, 0.4) is 0 Å². The van der Waals surface area contributed by atoms with Crippen molar-refractivity contribution in [3.05, 3.63) is 41.4 Å². The molecule has 0 bridgehead atoms. The van der Waals surface area contributed by atoms with Crippen LogP contribution in [0.25, 0.3) is 16.6 Å². The van der Waals surface area contributed by atoms with Crippen LogP contribution in [0, 0.1) is 0 Å². The summed E-state index contributed by atoms with van der Waals surface area (Å²) < 4.78 is 5.45. The molecule has 0 radical (unpaired) electrons. The lowest BCUT2D eigenvalue weighted by atomic mass is 9.91. The number of rotatable bonds is 3. The number of nitrogens with zero attached hydrogens (tertiary/aromatic N) is 3. The van der Waals surface area contributed by atoms with Gasteiger partial charge >= 0.3 is 0 Å². The number of aromatic nitrogens is 2. The fraction of sp³-hybridized carbons (Fsp3) is 0.389. The third kappa shape index (κ3) is 3.40. The molecular formula is C18H22N4O. The molecule has 1 fully saturated rings. The maximum atomic E-state index is 5.95. The molecule has 1 saturated heterocycles. The first-order valence-corrected chi connectivity index (χ1v) is 7.92. The summed E-state index contributed by atoms with van der Waals surface area (Å²) in [4.78, 5) is 13.3. The number of fused-ring (bicyclic) bond motifs is 1. The minimum Gasteiger partial charge on any atom is -0.402 e. The third-order valence-corrected chi connectivity index (χ3v) is 4.22. The smallest absolute Gasteiger partial charge is 0.0925 e. The lowest BCUT2D eigenvalue weighted by Gasteiger charge is -2.22. The normalized spacial score (nSPS) is 17.7. The Balaban J connectivity index is 2.02. The van der Waals surface area contributed by atoms with Crippen LogP contribution in [0.2, 0.25) is 0 Å². The summed E-state index contributed by atoms with van der Waals surface area (Å²) in [6, 6.07) is 6.35. The van der Waals surface area contributed by atoms with E-state index in [2.05, 4.69) is 22.1 Å². The monoisotopic (exact) mass is 310 g/mol. The van der Waals surface area contributed by atoms with Gasteiger partial charge in [0.05, 0.1) is 22.9 Å². The summed E-state index contributed by atoms with van der Waals surface area (Å²) in [5, 5.41) is 0. The molecule has 0 atom stereocenters. The summed E-state index contributed by atoms with van der Waals surface area (Å²) in [5.74, 6) is 0.544. The molecule has 1 aliphatic rings. The van der Waals surface area contributed by atoms with Gasteiger partial charge in [0.25, 0.3) is 0 Å². The Morgan fingerprint density at radius 1 is 1.30 bits per heavy atom. The number of benzene rings is 1. The Morgan fingerprint density at radius 2 is 2.09 bits per heavy atom. The van der Waals surface area contributed by atoms with Crippen molar-refractivity contribution in [2.24, 2.45) is 10.7 Å². The second-order valence-corrected chi connectivity index (χ2v) is 5.87. The molecular weight excluding hydrogens is 288 g/mol. The van der Waals surface area contributed by atoms with Crippen LogP contribution in [-0.2, 0) is 4.74 Å². The molecule has 1 aliphatic heterocycles. The number of nitrogens with two attached hydrogens (primary N) is 1. The highest BCUT2D eigenvalue weighted by molar-refractivity contribution is 6.10. The zero-order valence-electron chi connectivity index (χ0n) is 13.6. The van der Waals surface area contributed by atoms with E-state index >= 15 is 0 Å². The van der Waals surface area contributed by atoms with Gasteiger partial charge in [0.15, 0.2) is 0 Å². The van der Waals surface area contributed by atoms with E-state index in [0.717, 1.165) is 48.4 Å². The van der Waals surface area contributed by atoms with Crippen molar-refractivity contribution in [1.29, 1.82) is 0 Å². The van der Waals surface area contributed by atoms with Crippen LogP contribution in [0.1, 0.15) is 36.9 Å². The van der Waals surface area contributed by atoms with E-state index in [1.165, 1.54) is 5.56 Å². The van der Waals surface area contributed by atoms with Crippen LogP contribution in [0.5, 0.6) is 0 Å². The summed E-state index contributed by atoms with van der Waals surface area (Å²) >= 11 is 0. The molecule has 1 aromatic carbocycles. The van der Waals surface area contributed by atoms with Crippen LogP contribution in [-0.4, -0.2) is 36.4 Å². The summed E-state index contributed by atoms with van der Waals surface area (Å²) in [6.07, 6.45) is 5.61. The second-order valence-electron chi connectivity index (χ2n) is 5.87. The van der Waals surface area contributed by atoms with Crippen LogP contribution in [0.4, 0.5) is 0 Å². The molecule has 0 unspecified atom stereocenters. The largest absolute Gasteiger partial charge is 0.402 e. The fourth-order valence-corrected chi connectivity index (χ4v) is 2.94. The van der Waals surface area contributed by atoms with Crippen LogP contribution >= 0.6 is 0 Å². The van der Waals surface area contributed by atoms with E-state index in [4.69, 9.17) is 15.5 Å². The lowest BCUT2D eigenvalue weighted by molar-refractivity contribution is 0.0853. The summed E-state index contributed by atoms with van der Waals surface area (Å²) in [6.45, 7) is 3.52. The zero-order chi connectivity index (χ0) is 16.2. The van der Waals surface area contributed by atoms with Gasteiger partial charge in [0, 0.05) is 37.7 Å². The molecule has 0 aliphatic carbocycles. The minimum absolute atomic E-state index is 0.544. The molecule has 120 valence electrons. The molecule has 1 aromatic heterocycles. The SMILES string of the molecule is CN=CC(=C(C)N)c1cnc2ccc(C3CCOCC3)cc2n1. The van der Waals surface area contributed by atoms with Gasteiger partial charge in [-0.25, -0.2) is 4.98 Å². The van der Waals surface area contributed by atoms with Crippen LogP contribution in [0.15, 0.2) is 35.1 Å². The Kier molecular flexibility index (Phi) is 4.67. The Labute approximate surface area is 136 Å². The average molecular weight is 310 g/mol. The van der Waals surface area contributed by atoms with Crippen molar-refractivity contribution in [1.82, 2.24) is 9.97 Å². The first-order chi connectivity index (χ1) is 11.2. The minimum atomic E-state index is 0.544. The standard InChI is InChI=1S/C18H22N4O/c1-12(19)15(10-20-2)18-11-21-16-4-3-14(9-17(16)22-18)13-5-7-23-8-6-13/h3-4,9-11,13H,5-8,19H2,1-2H3. The van der Waals surface area contributed by atoms with Crippen LogP contribution < -0.4 is 5.73 Å². The van der Waals surface area contributed by atoms with E-state index in [1.54, 1.807) is 19.5 Å². The maximum Gasteiger partial charge on any atom is 0.0925 e. The maximum absolute atomic E-state index is 5.95. The topological polar surface area (TPSA) is 73.4 Å². The third-order valence-electron chi connectivity index (χ3n) is 4.22. The predicted octanol–water partition coefficient (Wildman–Crippen LogP) is 2.91. The zero-order valence-corrected chi connectivity index (χ0v) is 13.6. The van der Waals surface area contributed by atoms with Gasteiger partial charge in [-0.3, -0.25) is 9.98 Å². The molecule has 5 nitrogen and oxygen atoms in total. The first kappa shape index (κ1) is 15.6. The number of aliphatic imine (C=N–C) groups is 1. The number of ether oxygens (including phenoxy) is 1. The summed E-state index contributed by atoms with van der Waals surface area (Å²) in [7, 11) is 1.72. The molecule has 3 rings (SSSR count). The molecule has 0 amide bonds. The summed E-state index contributed by atoms with van der Waals surface area (Å²) in [5.41, 5.74) is 11.3. The van der Waals surface area contributed by atoms with E-state index in [-0.39, 0.29) is 0 Å². The quantitative estimate of drug-likeness (QED) is 0.885. The highest BCUT2D eigenvalue weighted by Gasteiger charge is 2.16. The van der Waals surface area contributed by atoms with Gasteiger partial charge in [-0.05, 0) is 43.4 Å². The number of allylic oxidation sites excluding steroid dienone is 2. The Morgan fingerprint density at radius 3 is 2.78 bits per heavy atom. The van der Waals surface area contributed by atoms with E-state index in [1.807, 2.05) is 13.0 Å². The van der Waals surface area contributed by atoms with Crippen molar-refractivity contribution in [3.8, 4) is 0 Å². The molecule has 2 N–H and O–H groups in total. The number of hydrogen-bond acceptors (Lipinski definition) is 5.